The van der Waals surface area contributed by atoms with Crippen molar-refractivity contribution in [2.24, 2.45) is 0 Å². The molecule has 0 saturated heterocycles. The van der Waals surface area contributed by atoms with Gasteiger partial charge in [0, 0.05) is 17.8 Å². The molecule has 106 valence electrons. The van der Waals surface area contributed by atoms with Gasteiger partial charge in [-0.2, -0.15) is 0 Å². The Balaban J connectivity index is 2.21. The van der Waals surface area contributed by atoms with E-state index >= 15 is 0 Å². The summed E-state index contributed by atoms with van der Waals surface area (Å²) in [7, 11) is 0. The van der Waals surface area contributed by atoms with Gasteiger partial charge < -0.3 is 15.3 Å². The number of hydrogen-bond donors (Lipinski definition) is 2. The van der Waals surface area contributed by atoms with Gasteiger partial charge in [-0.25, -0.2) is 0 Å². The molecule has 6 heteroatoms. The van der Waals surface area contributed by atoms with Gasteiger partial charge in [0.05, 0.1) is 6.42 Å². The first-order chi connectivity index (χ1) is 9.51. The van der Waals surface area contributed by atoms with Crippen LogP contribution in [-0.2, 0) is 16.0 Å². The fourth-order valence-electron chi connectivity index (χ4n) is 2.22. The number of nitrogens with one attached hydrogen (secondary N) is 1. The number of rotatable bonds is 5. The summed E-state index contributed by atoms with van der Waals surface area (Å²) in [4.78, 5) is 35.7. The van der Waals surface area contributed by atoms with Gasteiger partial charge in [-0.3, -0.25) is 14.4 Å². The van der Waals surface area contributed by atoms with E-state index in [1.807, 2.05) is 6.92 Å². The molecule has 1 aromatic carbocycles. The molecule has 1 heterocycles. The smallest absolute Gasteiger partial charge is 0.323 e. The van der Waals surface area contributed by atoms with Crippen LogP contribution in [0.4, 0.5) is 5.69 Å². The lowest BCUT2D eigenvalue weighted by atomic mass is 10.1. The highest BCUT2D eigenvalue weighted by molar-refractivity contribution is 6.02. The Kier molecular flexibility index (Phi) is 4.02. The van der Waals surface area contributed by atoms with Crippen LogP contribution in [0.2, 0.25) is 0 Å². The molecule has 1 aliphatic rings. The van der Waals surface area contributed by atoms with Crippen LogP contribution < -0.4 is 5.32 Å². The Morgan fingerprint density at radius 2 is 2.15 bits per heavy atom. The van der Waals surface area contributed by atoms with Crippen molar-refractivity contribution in [1.82, 2.24) is 4.90 Å². The largest absolute Gasteiger partial charge is 0.480 e. The zero-order valence-electron chi connectivity index (χ0n) is 11.2. The van der Waals surface area contributed by atoms with Crippen LogP contribution in [0.15, 0.2) is 18.2 Å². The molecule has 0 unspecified atom stereocenters. The normalized spacial score (nSPS) is 12.8. The van der Waals surface area contributed by atoms with Gasteiger partial charge >= 0.3 is 5.97 Å². The van der Waals surface area contributed by atoms with E-state index in [-0.39, 0.29) is 18.4 Å². The second kappa shape index (κ2) is 5.73. The van der Waals surface area contributed by atoms with Gasteiger partial charge in [0.1, 0.15) is 6.54 Å². The number of hydrogen-bond acceptors (Lipinski definition) is 3. The number of carboxylic acids is 1. The summed E-state index contributed by atoms with van der Waals surface area (Å²) in [5.74, 6) is -1.47. The molecular weight excluding hydrogens is 260 g/mol. The van der Waals surface area contributed by atoms with Crippen molar-refractivity contribution in [3.8, 4) is 0 Å². The molecule has 0 saturated carbocycles. The van der Waals surface area contributed by atoms with E-state index < -0.39 is 5.97 Å². The molecule has 1 aliphatic heterocycles. The molecule has 2 N–H and O–H groups in total. The van der Waals surface area contributed by atoms with Crippen LogP contribution >= 0.6 is 0 Å². The summed E-state index contributed by atoms with van der Waals surface area (Å²) in [6.07, 6.45) is 0.998. The average Bonchev–Trinajstić information content (AvgIpc) is 2.75. The first kappa shape index (κ1) is 14.0. The number of anilines is 1. The Morgan fingerprint density at radius 3 is 2.80 bits per heavy atom. The quantitative estimate of drug-likeness (QED) is 0.843. The number of aliphatic carboxylic acids is 1. The van der Waals surface area contributed by atoms with E-state index in [4.69, 9.17) is 5.11 Å². The summed E-state index contributed by atoms with van der Waals surface area (Å²) in [5.41, 5.74) is 1.88. The van der Waals surface area contributed by atoms with E-state index in [0.717, 1.165) is 5.56 Å². The number of carboxylic acid groups (broad SMARTS) is 1. The minimum Gasteiger partial charge on any atom is -0.480 e. The molecule has 0 radical (unpaired) electrons. The van der Waals surface area contributed by atoms with E-state index in [9.17, 15) is 14.4 Å². The molecule has 2 amide bonds. The van der Waals surface area contributed by atoms with Gasteiger partial charge in [0.15, 0.2) is 0 Å². The van der Waals surface area contributed by atoms with Crippen molar-refractivity contribution >= 4 is 23.5 Å². The highest BCUT2D eigenvalue weighted by Gasteiger charge is 2.22. The van der Waals surface area contributed by atoms with Crippen molar-refractivity contribution in [2.75, 3.05) is 18.4 Å². The molecule has 2 rings (SSSR count). The minimum atomic E-state index is -1.04. The van der Waals surface area contributed by atoms with Crippen LogP contribution in [0.5, 0.6) is 0 Å². The maximum atomic E-state index is 12.3. The number of carbonyl (C=O) groups excluding carboxylic acids is 2. The first-order valence-corrected chi connectivity index (χ1v) is 6.45. The molecule has 0 atom stereocenters. The van der Waals surface area contributed by atoms with E-state index in [0.29, 0.717) is 30.6 Å². The van der Waals surface area contributed by atoms with Crippen LogP contribution in [-0.4, -0.2) is 40.9 Å². The van der Waals surface area contributed by atoms with Gasteiger partial charge in [0.2, 0.25) is 5.91 Å². The van der Waals surface area contributed by atoms with Gasteiger partial charge in [-0.15, -0.1) is 0 Å². The number of nitrogens with zero attached hydrogens (tertiary/aromatic N) is 1. The number of amides is 2. The standard InChI is InChI=1S/C14H16N2O4/c1-2-5-16(8-13(18)19)14(20)10-4-3-9-7-12(17)15-11(9)6-10/h3-4,6H,2,5,7-8H2,1H3,(H,15,17)(H,18,19). The minimum absolute atomic E-state index is 0.0967. The Labute approximate surface area is 116 Å². The zero-order valence-corrected chi connectivity index (χ0v) is 11.2. The summed E-state index contributed by atoms with van der Waals surface area (Å²) in [5, 5.41) is 11.5. The maximum absolute atomic E-state index is 12.3. The van der Waals surface area contributed by atoms with Crippen LogP contribution in [0, 0.1) is 0 Å². The summed E-state index contributed by atoms with van der Waals surface area (Å²) in [6.45, 7) is 1.94. The Bertz CT molecular complexity index is 568. The molecule has 0 bridgehead atoms. The third kappa shape index (κ3) is 2.96. The predicted octanol–water partition coefficient (Wildman–Crippen LogP) is 1.12. The lowest BCUT2D eigenvalue weighted by Crippen LogP contribution is -2.36. The van der Waals surface area contributed by atoms with Gasteiger partial charge in [-0.1, -0.05) is 13.0 Å². The van der Waals surface area contributed by atoms with Gasteiger partial charge in [-0.05, 0) is 24.1 Å². The lowest BCUT2D eigenvalue weighted by Gasteiger charge is -2.20. The van der Waals surface area contributed by atoms with E-state index in [2.05, 4.69) is 5.32 Å². The fourth-order valence-corrected chi connectivity index (χ4v) is 2.22. The molecule has 20 heavy (non-hydrogen) atoms. The Hall–Kier alpha value is -2.37. The van der Waals surface area contributed by atoms with E-state index in [1.165, 1.54) is 4.90 Å². The molecule has 0 aliphatic carbocycles. The Morgan fingerprint density at radius 1 is 1.40 bits per heavy atom. The molecule has 0 aromatic heterocycles. The number of carbonyl (C=O) groups is 3. The molecule has 0 spiro atoms. The average molecular weight is 276 g/mol. The molecule has 1 aromatic rings. The third-order valence-electron chi connectivity index (χ3n) is 3.09. The third-order valence-corrected chi connectivity index (χ3v) is 3.09. The second-order valence-electron chi connectivity index (χ2n) is 4.72. The topological polar surface area (TPSA) is 86.7 Å². The van der Waals surface area contributed by atoms with Gasteiger partial charge in [0.25, 0.3) is 5.91 Å². The summed E-state index contributed by atoms with van der Waals surface area (Å²) < 4.78 is 0. The zero-order chi connectivity index (χ0) is 14.7. The summed E-state index contributed by atoms with van der Waals surface area (Å²) in [6, 6.07) is 4.96. The number of fused-ring (bicyclic) bond motifs is 1. The second-order valence-corrected chi connectivity index (χ2v) is 4.72. The van der Waals surface area contributed by atoms with Crippen molar-refractivity contribution in [3.63, 3.8) is 0 Å². The maximum Gasteiger partial charge on any atom is 0.323 e. The molecule has 0 fully saturated rings. The van der Waals surface area contributed by atoms with E-state index in [1.54, 1.807) is 18.2 Å². The first-order valence-electron chi connectivity index (χ1n) is 6.45. The van der Waals surface area contributed by atoms with Crippen LogP contribution in [0.1, 0.15) is 29.3 Å². The lowest BCUT2D eigenvalue weighted by molar-refractivity contribution is -0.137. The monoisotopic (exact) mass is 276 g/mol. The van der Waals surface area contributed by atoms with Crippen molar-refractivity contribution in [2.45, 2.75) is 19.8 Å². The van der Waals surface area contributed by atoms with Crippen LogP contribution in [0.3, 0.4) is 0 Å². The highest BCUT2D eigenvalue weighted by atomic mass is 16.4. The highest BCUT2D eigenvalue weighted by Crippen LogP contribution is 2.24. The SMILES string of the molecule is CCCN(CC(=O)O)C(=O)c1ccc2c(c1)NC(=O)C2. The summed E-state index contributed by atoms with van der Waals surface area (Å²) >= 11 is 0. The fraction of sp³-hybridized carbons (Fsp3) is 0.357. The molecule has 6 nitrogen and oxygen atoms in total. The predicted molar refractivity (Wildman–Crippen MR) is 72.6 cm³/mol. The van der Waals surface area contributed by atoms with Crippen molar-refractivity contribution in [1.29, 1.82) is 0 Å². The number of benzene rings is 1. The van der Waals surface area contributed by atoms with Crippen molar-refractivity contribution in [3.05, 3.63) is 29.3 Å². The van der Waals surface area contributed by atoms with Crippen LogP contribution in [0.25, 0.3) is 0 Å². The molecular formula is C14H16N2O4. The van der Waals surface area contributed by atoms with Crippen molar-refractivity contribution < 1.29 is 19.5 Å².